The average Bonchev–Trinajstić information content (AvgIpc) is 2.92. The van der Waals surface area contributed by atoms with Crippen LogP contribution in [0.25, 0.3) is 0 Å². The van der Waals surface area contributed by atoms with Crippen molar-refractivity contribution in [2.75, 3.05) is 0 Å². The summed E-state index contributed by atoms with van der Waals surface area (Å²) < 4.78 is 3.72. The smallest absolute Gasteiger partial charge is 0.267 e. The van der Waals surface area contributed by atoms with Gasteiger partial charge >= 0.3 is 0 Å². The molecular formula is C16H20N2O. The van der Waals surface area contributed by atoms with Gasteiger partial charge in [0.25, 0.3) is 5.56 Å². The second-order valence-electron chi connectivity index (χ2n) is 5.51. The molecule has 1 aliphatic carbocycles. The van der Waals surface area contributed by atoms with Crippen molar-refractivity contribution in [3.63, 3.8) is 0 Å². The van der Waals surface area contributed by atoms with Crippen molar-refractivity contribution in [3.8, 4) is 0 Å². The Balaban J connectivity index is 2.13. The van der Waals surface area contributed by atoms with E-state index in [-0.39, 0.29) is 5.56 Å². The molecule has 2 aromatic rings. The first-order valence-electron chi connectivity index (χ1n) is 7.13. The number of pyridine rings is 1. The third-order valence-electron chi connectivity index (χ3n) is 4.02. The van der Waals surface area contributed by atoms with E-state index in [1.807, 2.05) is 40.8 Å². The normalized spacial score (nSPS) is 16.7. The van der Waals surface area contributed by atoms with Gasteiger partial charge in [0, 0.05) is 30.1 Å². The maximum absolute atomic E-state index is 12.3. The minimum atomic E-state index is 0.0665. The van der Waals surface area contributed by atoms with Crippen molar-refractivity contribution < 1.29 is 0 Å². The summed E-state index contributed by atoms with van der Waals surface area (Å²) in [7, 11) is 0. The Bertz CT molecular complexity index is 604. The van der Waals surface area contributed by atoms with Crippen LogP contribution >= 0.6 is 0 Å². The molecule has 1 saturated carbocycles. The molecule has 0 amide bonds. The Morgan fingerprint density at radius 3 is 2.42 bits per heavy atom. The SMILES string of the molecule is Cc1cc(C2CCCCC2)n(-n2cccc2)c(=O)c1. The number of hydrogen-bond acceptors (Lipinski definition) is 1. The first-order chi connectivity index (χ1) is 9.25. The monoisotopic (exact) mass is 256 g/mol. The quantitative estimate of drug-likeness (QED) is 0.809. The topological polar surface area (TPSA) is 26.9 Å². The largest absolute Gasteiger partial charge is 0.270 e. The molecule has 0 saturated heterocycles. The fraction of sp³-hybridized carbons (Fsp3) is 0.438. The van der Waals surface area contributed by atoms with Crippen LogP contribution in [-0.2, 0) is 0 Å². The highest BCUT2D eigenvalue weighted by Crippen LogP contribution is 2.32. The summed E-state index contributed by atoms with van der Waals surface area (Å²) in [6.45, 7) is 2.01. The molecule has 3 rings (SSSR count). The molecule has 2 aromatic heterocycles. The van der Waals surface area contributed by atoms with E-state index in [4.69, 9.17) is 0 Å². The van der Waals surface area contributed by atoms with E-state index in [0.29, 0.717) is 5.92 Å². The van der Waals surface area contributed by atoms with Gasteiger partial charge in [-0.3, -0.25) is 9.47 Å². The second kappa shape index (κ2) is 5.08. The molecule has 0 bridgehead atoms. The van der Waals surface area contributed by atoms with E-state index in [0.717, 1.165) is 5.56 Å². The number of nitrogens with zero attached hydrogens (tertiary/aromatic N) is 2. The van der Waals surface area contributed by atoms with Gasteiger partial charge in [0.1, 0.15) is 0 Å². The molecule has 3 heteroatoms. The first kappa shape index (κ1) is 12.3. The van der Waals surface area contributed by atoms with Crippen LogP contribution in [0.4, 0.5) is 0 Å². The fourth-order valence-electron chi connectivity index (χ4n) is 3.11. The van der Waals surface area contributed by atoms with Crippen molar-refractivity contribution in [1.29, 1.82) is 0 Å². The van der Waals surface area contributed by atoms with Crippen LogP contribution in [0.5, 0.6) is 0 Å². The highest BCUT2D eigenvalue weighted by Gasteiger charge is 2.20. The van der Waals surface area contributed by atoms with Crippen molar-refractivity contribution >= 4 is 0 Å². The molecule has 19 heavy (non-hydrogen) atoms. The predicted octanol–water partition coefficient (Wildman–Crippen LogP) is 3.32. The van der Waals surface area contributed by atoms with Gasteiger partial charge in [-0.15, -0.1) is 0 Å². The van der Waals surface area contributed by atoms with Crippen molar-refractivity contribution in [2.24, 2.45) is 0 Å². The zero-order chi connectivity index (χ0) is 13.2. The third-order valence-corrected chi connectivity index (χ3v) is 4.02. The van der Waals surface area contributed by atoms with E-state index < -0.39 is 0 Å². The van der Waals surface area contributed by atoms with Crippen molar-refractivity contribution in [3.05, 3.63) is 58.3 Å². The van der Waals surface area contributed by atoms with Gasteiger partial charge in [-0.25, -0.2) is 4.68 Å². The van der Waals surface area contributed by atoms with Gasteiger partial charge in [-0.2, -0.15) is 0 Å². The molecule has 0 atom stereocenters. The van der Waals surface area contributed by atoms with Crippen molar-refractivity contribution in [2.45, 2.75) is 44.9 Å². The molecule has 3 nitrogen and oxygen atoms in total. The lowest BCUT2D eigenvalue weighted by Gasteiger charge is -2.25. The van der Waals surface area contributed by atoms with Gasteiger partial charge in [-0.05, 0) is 43.5 Å². The number of aromatic nitrogens is 2. The Hall–Kier alpha value is -1.77. The Morgan fingerprint density at radius 2 is 1.74 bits per heavy atom. The highest BCUT2D eigenvalue weighted by molar-refractivity contribution is 5.20. The lowest BCUT2D eigenvalue weighted by Crippen LogP contribution is -2.29. The van der Waals surface area contributed by atoms with Gasteiger partial charge < -0.3 is 0 Å². The molecule has 0 spiro atoms. The molecule has 0 aromatic carbocycles. The molecule has 0 aliphatic heterocycles. The summed E-state index contributed by atoms with van der Waals surface area (Å²) in [5.41, 5.74) is 2.30. The van der Waals surface area contributed by atoms with Gasteiger partial charge in [-0.1, -0.05) is 19.3 Å². The van der Waals surface area contributed by atoms with Crippen LogP contribution in [0.1, 0.15) is 49.3 Å². The molecule has 1 fully saturated rings. The van der Waals surface area contributed by atoms with Gasteiger partial charge in [0.2, 0.25) is 0 Å². The van der Waals surface area contributed by atoms with Crippen LogP contribution < -0.4 is 5.56 Å². The minimum absolute atomic E-state index is 0.0665. The van der Waals surface area contributed by atoms with Crippen molar-refractivity contribution in [1.82, 2.24) is 9.35 Å². The molecule has 0 radical (unpaired) electrons. The fourth-order valence-corrected chi connectivity index (χ4v) is 3.11. The lowest BCUT2D eigenvalue weighted by atomic mass is 9.86. The Labute approximate surface area is 113 Å². The molecule has 2 heterocycles. The van der Waals surface area contributed by atoms with Gasteiger partial charge in [0.15, 0.2) is 0 Å². The van der Waals surface area contributed by atoms with E-state index in [1.165, 1.54) is 37.8 Å². The summed E-state index contributed by atoms with van der Waals surface area (Å²) in [4.78, 5) is 12.3. The van der Waals surface area contributed by atoms with Crippen LogP contribution in [-0.4, -0.2) is 9.35 Å². The molecule has 1 aliphatic rings. The average molecular weight is 256 g/mol. The van der Waals surface area contributed by atoms with Crippen LogP contribution in [0, 0.1) is 6.92 Å². The summed E-state index contributed by atoms with van der Waals surface area (Å²) in [5.74, 6) is 0.517. The van der Waals surface area contributed by atoms with Gasteiger partial charge in [0.05, 0.1) is 0 Å². The summed E-state index contributed by atoms with van der Waals surface area (Å²) in [5, 5.41) is 0. The molecule has 0 N–H and O–H groups in total. The van der Waals surface area contributed by atoms with E-state index in [2.05, 4.69) is 6.07 Å². The predicted molar refractivity (Wildman–Crippen MR) is 76.5 cm³/mol. The molecule has 0 unspecified atom stereocenters. The third kappa shape index (κ3) is 2.37. The number of aryl methyl sites for hydroxylation is 1. The Morgan fingerprint density at radius 1 is 1.05 bits per heavy atom. The summed E-state index contributed by atoms with van der Waals surface area (Å²) >= 11 is 0. The van der Waals surface area contributed by atoms with Crippen LogP contribution in [0.15, 0.2) is 41.5 Å². The Kier molecular flexibility index (Phi) is 3.28. The maximum atomic E-state index is 12.3. The second-order valence-corrected chi connectivity index (χ2v) is 5.51. The van der Waals surface area contributed by atoms with E-state index >= 15 is 0 Å². The maximum Gasteiger partial charge on any atom is 0.270 e. The lowest BCUT2D eigenvalue weighted by molar-refractivity contribution is 0.412. The first-order valence-corrected chi connectivity index (χ1v) is 7.13. The zero-order valence-corrected chi connectivity index (χ0v) is 11.4. The number of hydrogen-bond donors (Lipinski definition) is 0. The summed E-state index contributed by atoms with van der Waals surface area (Å²) in [6.07, 6.45) is 10.1. The van der Waals surface area contributed by atoms with Crippen LogP contribution in [0.2, 0.25) is 0 Å². The number of rotatable bonds is 2. The zero-order valence-electron chi connectivity index (χ0n) is 11.4. The van der Waals surface area contributed by atoms with Crippen LogP contribution in [0.3, 0.4) is 0 Å². The standard InChI is InChI=1S/C16H20N2O/c1-13-11-15(14-7-3-2-4-8-14)18(16(19)12-13)17-9-5-6-10-17/h5-6,9-12,14H,2-4,7-8H2,1H3. The summed E-state index contributed by atoms with van der Waals surface area (Å²) in [6, 6.07) is 7.80. The molecule has 100 valence electrons. The minimum Gasteiger partial charge on any atom is -0.267 e. The highest BCUT2D eigenvalue weighted by atomic mass is 16.1. The van der Waals surface area contributed by atoms with E-state index in [9.17, 15) is 4.79 Å². The molecular weight excluding hydrogens is 236 g/mol. The van der Waals surface area contributed by atoms with E-state index in [1.54, 1.807) is 6.07 Å².